The fourth-order valence-corrected chi connectivity index (χ4v) is 2.97. The number of amides is 2. The lowest BCUT2D eigenvalue weighted by molar-refractivity contribution is -0.142. The number of hydrogen-bond donors (Lipinski definition) is 1. The number of carbonyl (C=O) groups excluding carboxylic acids is 2. The quantitative estimate of drug-likeness (QED) is 0.682. The highest BCUT2D eigenvalue weighted by Gasteiger charge is 2.28. The predicted octanol–water partition coefficient (Wildman–Crippen LogP) is 3.19. The monoisotopic (exact) mass is 386 g/mol. The molecule has 2 aromatic rings. The van der Waals surface area contributed by atoms with E-state index in [1.165, 1.54) is 17.0 Å². The summed E-state index contributed by atoms with van der Waals surface area (Å²) in [7, 11) is 0. The summed E-state index contributed by atoms with van der Waals surface area (Å²) in [5, 5.41) is 2.78. The summed E-state index contributed by atoms with van der Waals surface area (Å²) in [6, 6.07) is 15.1. The van der Waals surface area contributed by atoms with Gasteiger partial charge in [0.15, 0.2) is 18.2 Å². The van der Waals surface area contributed by atoms with Gasteiger partial charge in [0.05, 0.1) is 0 Å². The maximum atomic E-state index is 13.7. The molecule has 0 bridgehead atoms. The molecule has 1 N–H and O–H groups in total. The number of hydrogen-bond acceptors (Lipinski definition) is 3. The van der Waals surface area contributed by atoms with Crippen LogP contribution in [0.25, 0.3) is 0 Å². The molecule has 0 aromatic heterocycles. The normalized spacial score (nSPS) is 11.5. The molecule has 0 saturated carbocycles. The van der Waals surface area contributed by atoms with E-state index in [0.717, 1.165) is 5.56 Å². The zero-order chi connectivity index (χ0) is 20.4. The molecule has 150 valence electrons. The van der Waals surface area contributed by atoms with E-state index in [0.29, 0.717) is 25.9 Å². The first-order chi connectivity index (χ1) is 13.6. The van der Waals surface area contributed by atoms with Gasteiger partial charge in [-0.3, -0.25) is 9.59 Å². The van der Waals surface area contributed by atoms with Crippen molar-refractivity contribution in [3.8, 4) is 5.75 Å². The summed E-state index contributed by atoms with van der Waals surface area (Å²) in [5.74, 6) is -1.05. The van der Waals surface area contributed by atoms with Gasteiger partial charge in [0.25, 0.3) is 5.91 Å². The smallest absolute Gasteiger partial charge is 0.261 e. The first kappa shape index (κ1) is 21.4. The van der Waals surface area contributed by atoms with E-state index in [1.807, 2.05) is 44.2 Å². The van der Waals surface area contributed by atoms with Crippen molar-refractivity contribution >= 4 is 11.8 Å². The molecule has 0 saturated heterocycles. The summed E-state index contributed by atoms with van der Waals surface area (Å²) in [5.41, 5.74) is 1.07. The van der Waals surface area contributed by atoms with Crippen molar-refractivity contribution in [1.82, 2.24) is 10.2 Å². The second-order valence-electron chi connectivity index (χ2n) is 6.36. The second-order valence-corrected chi connectivity index (χ2v) is 6.36. The van der Waals surface area contributed by atoms with Gasteiger partial charge < -0.3 is 15.0 Å². The Labute approximate surface area is 165 Å². The van der Waals surface area contributed by atoms with Gasteiger partial charge in [-0.1, -0.05) is 49.4 Å². The average molecular weight is 386 g/mol. The minimum atomic E-state index is -0.597. The van der Waals surface area contributed by atoms with E-state index in [4.69, 9.17) is 4.74 Å². The van der Waals surface area contributed by atoms with Crippen LogP contribution < -0.4 is 10.1 Å². The fourth-order valence-electron chi connectivity index (χ4n) is 2.97. The van der Waals surface area contributed by atoms with Gasteiger partial charge in [-0.25, -0.2) is 4.39 Å². The number of ether oxygens (including phenoxy) is 1. The highest BCUT2D eigenvalue weighted by atomic mass is 19.1. The van der Waals surface area contributed by atoms with Gasteiger partial charge in [0.1, 0.15) is 6.04 Å². The maximum absolute atomic E-state index is 13.7. The predicted molar refractivity (Wildman–Crippen MR) is 107 cm³/mol. The molecule has 2 rings (SSSR count). The van der Waals surface area contributed by atoms with Crippen molar-refractivity contribution in [2.45, 2.75) is 32.7 Å². The zero-order valence-corrected chi connectivity index (χ0v) is 16.4. The molecular weight excluding hydrogens is 359 g/mol. The summed E-state index contributed by atoms with van der Waals surface area (Å²) in [6.07, 6.45) is 1.09. The lowest BCUT2D eigenvalue weighted by Gasteiger charge is -2.30. The molecule has 28 heavy (non-hydrogen) atoms. The molecule has 2 amide bonds. The van der Waals surface area contributed by atoms with Gasteiger partial charge in [-0.2, -0.15) is 0 Å². The molecule has 5 nitrogen and oxygen atoms in total. The Balaban J connectivity index is 2.11. The van der Waals surface area contributed by atoms with E-state index in [1.54, 1.807) is 12.1 Å². The van der Waals surface area contributed by atoms with Crippen LogP contribution in [0.1, 0.15) is 25.8 Å². The maximum Gasteiger partial charge on any atom is 0.261 e. The Hall–Kier alpha value is -2.89. The van der Waals surface area contributed by atoms with Gasteiger partial charge in [0.2, 0.25) is 5.91 Å². The van der Waals surface area contributed by atoms with Crippen molar-refractivity contribution in [3.05, 3.63) is 66.0 Å². The Morgan fingerprint density at radius 3 is 2.39 bits per heavy atom. The van der Waals surface area contributed by atoms with Gasteiger partial charge in [-0.05, 0) is 37.5 Å². The van der Waals surface area contributed by atoms with Crippen molar-refractivity contribution in [2.75, 3.05) is 19.7 Å². The largest absolute Gasteiger partial charge is 0.481 e. The number of para-hydroxylation sites is 1. The van der Waals surface area contributed by atoms with Crippen molar-refractivity contribution < 1.29 is 18.7 Å². The third-order valence-corrected chi connectivity index (χ3v) is 4.41. The molecule has 0 aliphatic carbocycles. The number of rotatable bonds is 10. The summed E-state index contributed by atoms with van der Waals surface area (Å²) in [4.78, 5) is 26.8. The third-order valence-electron chi connectivity index (χ3n) is 4.41. The Kier molecular flexibility index (Phi) is 8.46. The molecule has 0 radical (unpaired) electrons. The Morgan fingerprint density at radius 1 is 1.07 bits per heavy atom. The molecule has 0 heterocycles. The minimum Gasteiger partial charge on any atom is -0.481 e. The third kappa shape index (κ3) is 6.08. The highest BCUT2D eigenvalue weighted by Crippen LogP contribution is 2.16. The van der Waals surface area contributed by atoms with Crippen molar-refractivity contribution in [1.29, 1.82) is 0 Å². The summed E-state index contributed by atoms with van der Waals surface area (Å²) >= 11 is 0. The lowest BCUT2D eigenvalue weighted by atomic mass is 10.1. The van der Waals surface area contributed by atoms with E-state index in [2.05, 4.69) is 5.32 Å². The first-order valence-corrected chi connectivity index (χ1v) is 9.55. The van der Waals surface area contributed by atoms with Crippen LogP contribution in [0.15, 0.2) is 54.6 Å². The molecule has 6 heteroatoms. The number of nitrogens with one attached hydrogen (secondary N) is 1. The fraction of sp³-hybridized carbons (Fsp3) is 0.364. The van der Waals surface area contributed by atoms with Crippen LogP contribution in [-0.4, -0.2) is 42.5 Å². The highest BCUT2D eigenvalue weighted by molar-refractivity contribution is 5.88. The van der Waals surface area contributed by atoms with Crippen LogP contribution in [0, 0.1) is 5.82 Å². The average Bonchev–Trinajstić information content (AvgIpc) is 2.71. The van der Waals surface area contributed by atoms with Crippen LogP contribution in [0.3, 0.4) is 0 Å². The topological polar surface area (TPSA) is 58.6 Å². The molecule has 0 unspecified atom stereocenters. The van der Waals surface area contributed by atoms with Crippen LogP contribution in [0.2, 0.25) is 0 Å². The van der Waals surface area contributed by atoms with Crippen LogP contribution in [-0.2, 0) is 16.0 Å². The summed E-state index contributed by atoms with van der Waals surface area (Å²) in [6.45, 7) is 4.23. The SMILES string of the molecule is CCNC(=O)[C@H](CC)N(CCc1ccccc1)C(=O)COc1ccccc1F. The van der Waals surface area contributed by atoms with Crippen LogP contribution in [0.5, 0.6) is 5.75 Å². The van der Waals surface area contributed by atoms with E-state index in [-0.39, 0.29) is 24.2 Å². The molecular formula is C22H27FN2O3. The molecule has 0 fully saturated rings. The molecule has 1 atom stereocenters. The minimum absolute atomic E-state index is 0.0184. The Morgan fingerprint density at radius 2 is 1.75 bits per heavy atom. The second kappa shape index (κ2) is 11.1. The van der Waals surface area contributed by atoms with E-state index >= 15 is 0 Å². The molecule has 0 aliphatic heterocycles. The van der Waals surface area contributed by atoms with Gasteiger partial charge in [0, 0.05) is 13.1 Å². The van der Waals surface area contributed by atoms with E-state index in [9.17, 15) is 14.0 Å². The van der Waals surface area contributed by atoms with Gasteiger partial charge in [-0.15, -0.1) is 0 Å². The standard InChI is InChI=1S/C22H27FN2O3/c1-3-19(22(27)24-4-2)25(15-14-17-10-6-5-7-11-17)21(26)16-28-20-13-9-8-12-18(20)23/h5-13,19H,3-4,14-16H2,1-2H3,(H,24,27)/t19-/m0/s1. The first-order valence-electron chi connectivity index (χ1n) is 9.55. The van der Waals surface area contributed by atoms with Crippen molar-refractivity contribution in [2.24, 2.45) is 0 Å². The molecule has 0 aliphatic rings. The van der Waals surface area contributed by atoms with Gasteiger partial charge >= 0.3 is 0 Å². The van der Waals surface area contributed by atoms with Crippen LogP contribution in [0.4, 0.5) is 4.39 Å². The Bertz CT molecular complexity index is 767. The number of benzene rings is 2. The van der Waals surface area contributed by atoms with Crippen molar-refractivity contribution in [3.63, 3.8) is 0 Å². The van der Waals surface area contributed by atoms with Crippen LogP contribution >= 0.6 is 0 Å². The number of likely N-dealkylation sites (N-methyl/N-ethyl adjacent to an activating group) is 1. The number of halogens is 1. The molecule has 0 spiro atoms. The number of carbonyl (C=O) groups is 2. The lowest BCUT2D eigenvalue weighted by Crippen LogP contribution is -2.51. The number of nitrogens with zero attached hydrogens (tertiary/aromatic N) is 1. The zero-order valence-electron chi connectivity index (χ0n) is 16.4. The van der Waals surface area contributed by atoms with E-state index < -0.39 is 11.9 Å². The molecule has 2 aromatic carbocycles. The summed E-state index contributed by atoms with van der Waals surface area (Å²) < 4.78 is 19.1.